The molecule has 0 bridgehead atoms. The van der Waals surface area contributed by atoms with Gasteiger partial charge in [0.2, 0.25) is 5.54 Å². The third-order valence-corrected chi connectivity index (χ3v) is 5.60. The summed E-state index contributed by atoms with van der Waals surface area (Å²) >= 11 is 0. The fraction of sp³-hybridized carbons (Fsp3) is 0.429. The van der Waals surface area contributed by atoms with Crippen LogP contribution in [0.25, 0.3) is 0 Å². The molecule has 5 rings (SSSR count). The van der Waals surface area contributed by atoms with Crippen LogP contribution < -0.4 is 10.6 Å². The monoisotopic (exact) mass is 434 g/mol. The summed E-state index contributed by atoms with van der Waals surface area (Å²) in [5, 5.41) is 8.66. The van der Waals surface area contributed by atoms with Crippen molar-refractivity contribution in [2.24, 2.45) is 5.92 Å². The van der Waals surface area contributed by atoms with E-state index in [1.165, 1.54) is 10.7 Å². The standard InChI is InChI=1S/C21H18F4N4O2/c22-16-8-15-18(7-13(16)9-29-10-14-11-31-6-4-17(14)28-29)26-19(30)27-20(15,21(23,24)25)5-3-12-1-2-12/h7-8,10,12H,1-2,4,6,9,11H2,(H2,26,27,30)/t20-/m0/s1. The molecule has 3 heterocycles. The molecule has 3 aliphatic rings. The van der Waals surface area contributed by atoms with Crippen LogP contribution >= 0.6 is 0 Å². The van der Waals surface area contributed by atoms with E-state index in [-0.39, 0.29) is 23.7 Å². The first-order chi connectivity index (χ1) is 14.7. The lowest BCUT2D eigenvalue weighted by Gasteiger charge is -2.37. The highest BCUT2D eigenvalue weighted by Crippen LogP contribution is 2.45. The zero-order valence-corrected chi connectivity index (χ0v) is 16.3. The van der Waals surface area contributed by atoms with Crippen molar-refractivity contribution in [1.82, 2.24) is 15.1 Å². The van der Waals surface area contributed by atoms with E-state index < -0.39 is 29.1 Å². The van der Waals surface area contributed by atoms with E-state index in [2.05, 4.69) is 22.3 Å². The number of anilines is 1. The van der Waals surface area contributed by atoms with Crippen LogP contribution in [0.3, 0.4) is 0 Å². The second kappa shape index (κ2) is 6.99. The largest absolute Gasteiger partial charge is 0.427 e. The Hall–Kier alpha value is -3.06. The maximum absolute atomic E-state index is 15.0. The lowest BCUT2D eigenvalue weighted by Crippen LogP contribution is -2.59. The van der Waals surface area contributed by atoms with Gasteiger partial charge in [0, 0.05) is 40.9 Å². The van der Waals surface area contributed by atoms with Crippen LogP contribution in [0.1, 0.15) is 35.2 Å². The van der Waals surface area contributed by atoms with Gasteiger partial charge >= 0.3 is 12.2 Å². The molecule has 0 saturated heterocycles. The molecule has 6 nitrogen and oxygen atoms in total. The summed E-state index contributed by atoms with van der Waals surface area (Å²) in [5.74, 6) is 3.82. The summed E-state index contributed by atoms with van der Waals surface area (Å²) in [4.78, 5) is 12.1. The number of hydrogen-bond donors (Lipinski definition) is 2. The van der Waals surface area contributed by atoms with Gasteiger partial charge in [-0.2, -0.15) is 18.3 Å². The first kappa shape index (κ1) is 19.9. The molecule has 2 amide bonds. The topological polar surface area (TPSA) is 68.2 Å². The van der Waals surface area contributed by atoms with Crippen molar-refractivity contribution in [3.05, 3.63) is 46.5 Å². The lowest BCUT2D eigenvalue weighted by molar-refractivity contribution is -0.178. The molecule has 1 fully saturated rings. The van der Waals surface area contributed by atoms with Crippen molar-refractivity contribution < 1.29 is 27.1 Å². The fourth-order valence-electron chi connectivity index (χ4n) is 3.82. The first-order valence-corrected chi connectivity index (χ1v) is 9.89. The van der Waals surface area contributed by atoms with Crippen LogP contribution in [0.4, 0.5) is 28.0 Å². The van der Waals surface area contributed by atoms with E-state index in [1.807, 2.05) is 5.32 Å². The highest BCUT2D eigenvalue weighted by molar-refractivity contribution is 5.95. The average Bonchev–Trinajstić information content (AvgIpc) is 3.44. The van der Waals surface area contributed by atoms with Crippen LogP contribution in [0.15, 0.2) is 18.3 Å². The Morgan fingerprint density at radius 1 is 1.32 bits per heavy atom. The van der Waals surface area contributed by atoms with Crippen molar-refractivity contribution in [2.45, 2.75) is 44.1 Å². The second-order valence-corrected chi connectivity index (χ2v) is 7.96. The van der Waals surface area contributed by atoms with Crippen molar-refractivity contribution in [2.75, 3.05) is 11.9 Å². The number of halogens is 4. The number of nitrogens with one attached hydrogen (secondary N) is 2. The van der Waals surface area contributed by atoms with Crippen LogP contribution in [0.2, 0.25) is 0 Å². The third-order valence-electron chi connectivity index (χ3n) is 5.60. The minimum Gasteiger partial charge on any atom is -0.376 e. The quantitative estimate of drug-likeness (QED) is 0.562. The molecule has 2 aliphatic heterocycles. The zero-order valence-electron chi connectivity index (χ0n) is 16.3. The predicted octanol–water partition coefficient (Wildman–Crippen LogP) is 3.45. The number of carbonyl (C=O) groups excluding carboxylic acids is 1. The summed E-state index contributed by atoms with van der Waals surface area (Å²) < 4.78 is 64.3. The zero-order chi connectivity index (χ0) is 21.8. The Kier molecular flexibility index (Phi) is 4.48. The third kappa shape index (κ3) is 3.53. The molecule has 0 spiro atoms. The summed E-state index contributed by atoms with van der Waals surface area (Å²) in [5.41, 5.74) is -1.69. The highest BCUT2D eigenvalue weighted by Gasteiger charge is 2.59. The van der Waals surface area contributed by atoms with Crippen molar-refractivity contribution in [3.63, 3.8) is 0 Å². The van der Waals surface area contributed by atoms with Crippen LogP contribution in [-0.2, 0) is 29.8 Å². The van der Waals surface area contributed by atoms with Gasteiger partial charge in [0.15, 0.2) is 0 Å². The van der Waals surface area contributed by atoms with Gasteiger partial charge in [0.1, 0.15) is 5.82 Å². The van der Waals surface area contributed by atoms with Gasteiger partial charge in [0.25, 0.3) is 0 Å². The van der Waals surface area contributed by atoms with E-state index in [1.54, 1.807) is 6.20 Å². The SMILES string of the molecule is O=C1Nc2cc(Cn3cc4c(n3)CCOC4)c(F)cc2[C@@](C#CC2CC2)(C(F)(F)F)N1. The summed E-state index contributed by atoms with van der Waals surface area (Å²) in [7, 11) is 0. The van der Waals surface area contributed by atoms with E-state index in [4.69, 9.17) is 4.74 Å². The van der Waals surface area contributed by atoms with Gasteiger partial charge in [0.05, 0.1) is 25.5 Å². The van der Waals surface area contributed by atoms with Crippen LogP contribution in [0, 0.1) is 23.6 Å². The van der Waals surface area contributed by atoms with E-state index in [0.717, 1.165) is 17.3 Å². The number of benzene rings is 1. The Balaban J connectivity index is 1.55. The normalized spacial score (nSPS) is 22.5. The van der Waals surface area contributed by atoms with Gasteiger partial charge in [-0.3, -0.25) is 4.68 Å². The number of nitrogens with zero attached hydrogens (tertiary/aromatic N) is 2. The number of amides is 2. The average molecular weight is 434 g/mol. The number of urea groups is 1. The Bertz CT molecular complexity index is 1100. The fourth-order valence-corrected chi connectivity index (χ4v) is 3.82. The van der Waals surface area contributed by atoms with Crippen molar-refractivity contribution in [1.29, 1.82) is 0 Å². The van der Waals surface area contributed by atoms with E-state index in [0.29, 0.717) is 32.5 Å². The molecule has 1 aliphatic carbocycles. The van der Waals surface area contributed by atoms with E-state index in [9.17, 15) is 22.4 Å². The first-order valence-electron chi connectivity index (χ1n) is 9.89. The van der Waals surface area contributed by atoms with Gasteiger partial charge < -0.3 is 15.4 Å². The number of ether oxygens (including phenoxy) is 1. The van der Waals surface area contributed by atoms with Gasteiger partial charge in [-0.15, -0.1) is 0 Å². The Morgan fingerprint density at radius 3 is 2.84 bits per heavy atom. The molecule has 1 atom stereocenters. The number of hydrogen-bond acceptors (Lipinski definition) is 3. The molecular weight excluding hydrogens is 416 g/mol. The summed E-state index contributed by atoms with van der Waals surface area (Å²) in [6.07, 6.45) is -1.13. The van der Waals surface area contributed by atoms with Crippen LogP contribution in [-0.4, -0.2) is 28.6 Å². The van der Waals surface area contributed by atoms with Gasteiger partial charge in [-0.05, 0) is 25.0 Å². The number of carbonyl (C=O) groups is 1. The molecule has 0 unspecified atom stereocenters. The Morgan fingerprint density at radius 2 is 2.13 bits per heavy atom. The van der Waals surface area contributed by atoms with Crippen LogP contribution in [0.5, 0.6) is 0 Å². The van der Waals surface area contributed by atoms with Gasteiger partial charge in [-0.25, -0.2) is 9.18 Å². The molecule has 162 valence electrons. The second-order valence-electron chi connectivity index (χ2n) is 7.96. The molecule has 31 heavy (non-hydrogen) atoms. The van der Waals surface area contributed by atoms with E-state index >= 15 is 0 Å². The summed E-state index contributed by atoms with van der Waals surface area (Å²) in [6.45, 7) is 0.970. The predicted molar refractivity (Wildman–Crippen MR) is 101 cm³/mol. The minimum absolute atomic E-state index is 0.00217. The smallest absolute Gasteiger partial charge is 0.376 e. The summed E-state index contributed by atoms with van der Waals surface area (Å²) in [6, 6.07) is 0.984. The molecule has 2 aromatic rings. The van der Waals surface area contributed by atoms with Crippen molar-refractivity contribution in [3.8, 4) is 11.8 Å². The minimum atomic E-state index is -4.93. The lowest BCUT2D eigenvalue weighted by atomic mass is 9.85. The van der Waals surface area contributed by atoms with Gasteiger partial charge in [-0.1, -0.05) is 11.8 Å². The number of rotatable bonds is 2. The molecule has 2 N–H and O–H groups in total. The van der Waals surface area contributed by atoms with Crippen molar-refractivity contribution >= 4 is 11.7 Å². The Labute approximate surface area is 174 Å². The number of fused-ring (bicyclic) bond motifs is 2. The number of aromatic nitrogens is 2. The maximum Gasteiger partial charge on any atom is 0.427 e. The number of alkyl halides is 3. The maximum atomic E-state index is 15.0. The molecular formula is C21H18F4N4O2. The molecule has 1 aromatic carbocycles. The molecule has 1 saturated carbocycles. The highest BCUT2D eigenvalue weighted by atomic mass is 19.4. The molecule has 10 heteroatoms. The molecule has 0 radical (unpaired) electrons. The molecule has 1 aromatic heterocycles.